The number of amides is 2. The van der Waals surface area contributed by atoms with Gasteiger partial charge in [0.05, 0.1) is 4.90 Å². The Morgan fingerprint density at radius 3 is 2.12 bits per heavy atom. The van der Waals surface area contributed by atoms with Crippen LogP contribution in [-0.4, -0.2) is 55.1 Å². The lowest BCUT2D eigenvalue weighted by molar-refractivity contribution is -0.140. The second kappa shape index (κ2) is 12.5. The maximum Gasteiger partial charge on any atom is 0.242 e. The number of hydrogen-bond donors (Lipinski definition) is 1. The summed E-state index contributed by atoms with van der Waals surface area (Å²) in [5.41, 5.74) is 0.548. The molecule has 2 rings (SSSR count). The Labute approximate surface area is 212 Å². The summed E-state index contributed by atoms with van der Waals surface area (Å²) in [5.74, 6) is -0.594. The number of benzene rings is 2. The van der Waals surface area contributed by atoms with Gasteiger partial charge in [-0.3, -0.25) is 9.59 Å². The summed E-state index contributed by atoms with van der Waals surface area (Å²) in [5, 5.41) is 3.62. The van der Waals surface area contributed by atoms with E-state index >= 15 is 0 Å². The van der Waals surface area contributed by atoms with Crippen LogP contribution in [0.4, 0.5) is 0 Å². The Hall–Kier alpha value is -2.13. The molecule has 186 valence electrons. The molecule has 0 heterocycles. The number of nitrogens with zero attached hydrogens (tertiary/aromatic N) is 2. The summed E-state index contributed by atoms with van der Waals surface area (Å²) in [6.07, 6.45) is 0.336. The largest absolute Gasteiger partial charge is 0.352 e. The van der Waals surface area contributed by atoms with E-state index in [0.29, 0.717) is 15.6 Å². The van der Waals surface area contributed by atoms with Crippen LogP contribution in [0, 0.1) is 0 Å². The second-order valence-electron chi connectivity index (χ2n) is 8.30. The molecule has 0 aliphatic carbocycles. The van der Waals surface area contributed by atoms with E-state index < -0.39 is 16.1 Å². The molecule has 2 aromatic carbocycles. The summed E-state index contributed by atoms with van der Waals surface area (Å²) in [7, 11) is -2.17. The van der Waals surface area contributed by atoms with Crippen molar-refractivity contribution in [2.45, 2.75) is 57.1 Å². The highest BCUT2D eigenvalue weighted by Gasteiger charge is 2.28. The molecule has 7 nitrogen and oxygen atoms in total. The highest BCUT2D eigenvalue weighted by Crippen LogP contribution is 2.27. The molecule has 0 bridgehead atoms. The third-order valence-corrected chi connectivity index (χ3v) is 7.88. The normalized spacial score (nSPS) is 12.6. The first-order valence-corrected chi connectivity index (χ1v) is 13.2. The molecule has 0 saturated carbocycles. The number of carbonyl (C=O) groups excluding carboxylic acids is 2. The second-order valence-corrected chi connectivity index (χ2v) is 11.2. The van der Waals surface area contributed by atoms with Crippen LogP contribution in [0.5, 0.6) is 0 Å². The molecule has 2 amide bonds. The molecule has 0 aliphatic heterocycles. The third-order valence-electron chi connectivity index (χ3n) is 5.30. The van der Waals surface area contributed by atoms with Crippen LogP contribution < -0.4 is 5.32 Å². The average Bonchev–Trinajstić information content (AvgIpc) is 2.78. The summed E-state index contributed by atoms with van der Waals surface area (Å²) >= 11 is 12.6. The van der Waals surface area contributed by atoms with Crippen LogP contribution in [0.25, 0.3) is 0 Å². The van der Waals surface area contributed by atoms with E-state index in [9.17, 15) is 18.0 Å². The van der Waals surface area contributed by atoms with Gasteiger partial charge >= 0.3 is 0 Å². The van der Waals surface area contributed by atoms with Crippen molar-refractivity contribution in [1.82, 2.24) is 14.5 Å². The predicted molar refractivity (Wildman–Crippen MR) is 135 cm³/mol. The Balaban J connectivity index is 2.14. The smallest absolute Gasteiger partial charge is 0.242 e. The number of hydrogen-bond acceptors (Lipinski definition) is 4. The van der Waals surface area contributed by atoms with Gasteiger partial charge in [-0.15, -0.1) is 0 Å². The van der Waals surface area contributed by atoms with Gasteiger partial charge in [0.15, 0.2) is 0 Å². The zero-order valence-corrected chi connectivity index (χ0v) is 22.1. The molecular weight excluding hydrogens is 497 g/mol. The molecular formula is C24H31Cl2N3O4S. The number of rotatable bonds is 11. The number of carbonyl (C=O) groups is 2. The molecule has 2 aromatic rings. The first kappa shape index (κ1) is 28.1. The van der Waals surface area contributed by atoms with E-state index in [2.05, 4.69) is 5.32 Å². The quantitative estimate of drug-likeness (QED) is 0.470. The van der Waals surface area contributed by atoms with Gasteiger partial charge in [0.25, 0.3) is 0 Å². The molecule has 1 atom stereocenters. The van der Waals surface area contributed by atoms with Gasteiger partial charge in [-0.25, -0.2) is 12.7 Å². The van der Waals surface area contributed by atoms with E-state index in [-0.39, 0.29) is 48.7 Å². The Morgan fingerprint density at radius 1 is 0.971 bits per heavy atom. The van der Waals surface area contributed by atoms with Gasteiger partial charge in [-0.1, -0.05) is 47.5 Å². The fraction of sp³-hybridized carbons (Fsp3) is 0.417. The number of halogens is 2. The van der Waals surface area contributed by atoms with Crippen molar-refractivity contribution < 1.29 is 18.0 Å². The SMILES string of the molecule is CC(C)NC(=O)[C@@H](C)N(Cc1c(Cl)cccc1Cl)C(=O)CCCN(C)S(=O)(=O)c1ccccc1. The fourth-order valence-electron chi connectivity index (χ4n) is 3.33. The van der Waals surface area contributed by atoms with Gasteiger partial charge in [-0.05, 0) is 51.5 Å². The van der Waals surface area contributed by atoms with Crippen LogP contribution in [0.2, 0.25) is 10.0 Å². The van der Waals surface area contributed by atoms with E-state index in [1.807, 2.05) is 13.8 Å². The highest BCUT2D eigenvalue weighted by atomic mass is 35.5. The van der Waals surface area contributed by atoms with Crippen LogP contribution in [-0.2, 0) is 26.2 Å². The van der Waals surface area contributed by atoms with Gasteiger partial charge < -0.3 is 10.2 Å². The summed E-state index contributed by atoms with van der Waals surface area (Å²) in [4.78, 5) is 27.5. The van der Waals surface area contributed by atoms with Crippen molar-refractivity contribution in [2.24, 2.45) is 0 Å². The molecule has 0 spiro atoms. The zero-order valence-electron chi connectivity index (χ0n) is 19.8. The minimum atomic E-state index is -3.65. The van der Waals surface area contributed by atoms with Crippen molar-refractivity contribution in [2.75, 3.05) is 13.6 Å². The molecule has 10 heteroatoms. The monoisotopic (exact) mass is 527 g/mol. The Morgan fingerprint density at radius 2 is 1.56 bits per heavy atom. The van der Waals surface area contributed by atoms with Gasteiger partial charge in [0.2, 0.25) is 21.8 Å². The van der Waals surface area contributed by atoms with Crippen molar-refractivity contribution in [3.8, 4) is 0 Å². The lowest BCUT2D eigenvalue weighted by Crippen LogP contribution is -2.49. The molecule has 0 radical (unpaired) electrons. The Kier molecular flexibility index (Phi) is 10.4. The van der Waals surface area contributed by atoms with Gasteiger partial charge in [0.1, 0.15) is 6.04 Å². The molecule has 34 heavy (non-hydrogen) atoms. The Bertz CT molecular complexity index is 1070. The molecule has 0 saturated heterocycles. The van der Waals surface area contributed by atoms with Crippen molar-refractivity contribution >= 4 is 45.0 Å². The van der Waals surface area contributed by atoms with E-state index in [0.717, 1.165) is 0 Å². The molecule has 0 unspecified atom stereocenters. The zero-order chi connectivity index (χ0) is 25.5. The molecule has 0 aliphatic rings. The maximum atomic E-state index is 13.2. The number of nitrogens with one attached hydrogen (secondary N) is 1. The summed E-state index contributed by atoms with van der Waals surface area (Å²) in [6, 6.07) is 12.3. The third kappa shape index (κ3) is 7.43. The predicted octanol–water partition coefficient (Wildman–Crippen LogP) is 4.34. The van der Waals surface area contributed by atoms with Crippen molar-refractivity contribution in [3.63, 3.8) is 0 Å². The van der Waals surface area contributed by atoms with E-state index in [1.54, 1.807) is 43.3 Å². The molecule has 0 fully saturated rings. The van der Waals surface area contributed by atoms with Crippen LogP contribution in [0.3, 0.4) is 0 Å². The van der Waals surface area contributed by atoms with Crippen molar-refractivity contribution in [3.05, 3.63) is 64.1 Å². The highest BCUT2D eigenvalue weighted by molar-refractivity contribution is 7.89. The standard InChI is InChI=1S/C24H31Cl2N3O4S/c1-17(2)27-24(31)18(3)29(16-20-21(25)12-8-13-22(20)26)23(30)14-9-15-28(4)34(32,33)19-10-6-5-7-11-19/h5-8,10-13,17-18H,9,14-16H2,1-4H3,(H,27,31)/t18-/m1/s1. The lowest BCUT2D eigenvalue weighted by Gasteiger charge is -2.30. The van der Waals surface area contributed by atoms with E-state index in [1.165, 1.54) is 28.4 Å². The van der Waals surface area contributed by atoms with Crippen LogP contribution in [0.15, 0.2) is 53.4 Å². The first-order chi connectivity index (χ1) is 15.9. The maximum absolute atomic E-state index is 13.2. The van der Waals surface area contributed by atoms with Gasteiger partial charge in [0, 0.05) is 48.2 Å². The van der Waals surface area contributed by atoms with Crippen LogP contribution in [0.1, 0.15) is 39.2 Å². The van der Waals surface area contributed by atoms with E-state index in [4.69, 9.17) is 23.2 Å². The first-order valence-electron chi connectivity index (χ1n) is 11.0. The summed E-state index contributed by atoms with van der Waals surface area (Å²) in [6.45, 7) is 5.53. The van der Waals surface area contributed by atoms with Gasteiger partial charge in [-0.2, -0.15) is 0 Å². The molecule has 1 N–H and O–H groups in total. The van der Waals surface area contributed by atoms with Crippen LogP contribution >= 0.6 is 23.2 Å². The number of sulfonamides is 1. The minimum Gasteiger partial charge on any atom is -0.352 e. The van der Waals surface area contributed by atoms with Crippen molar-refractivity contribution in [1.29, 1.82) is 0 Å². The summed E-state index contributed by atoms with van der Waals surface area (Å²) < 4.78 is 26.6. The fourth-order valence-corrected chi connectivity index (χ4v) is 5.08. The lowest BCUT2D eigenvalue weighted by atomic mass is 10.1. The topological polar surface area (TPSA) is 86.8 Å². The molecule has 0 aromatic heterocycles. The average molecular weight is 529 g/mol. The minimum absolute atomic E-state index is 0.0516.